The number of rotatable bonds is 11. The highest BCUT2D eigenvalue weighted by molar-refractivity contribution is 9.10. The normalized spacial score (nSPS) is 19.1. The fourth-order valence-corrected chi connectivity index (χ4v) is 6.53. The van der Waals surface area contributed by atoms with Gasteiger partial charge < -0.3 is 29.3 Å². The van der Waals surface area contributed by atoms with E-state index in [1.54, 1.807) is 34.9 Å². The minimum Gasteiger partial charge on any atom is -0.497 e. The largest absolute Gasteiger partial charge is 0.497 e. The predicted molar refractivity (Wildman–Crippen MR) is 173 cm³/mol. The van der Waals surface area contributed by atoms with Crippen LogP contribution in [0.2, 0.25) is 0 Å². The minimum absolute atomic E-state index is 0.00498. The van der Waals surface area contributed by atoms with Gasteiger partial charge in [-0.15, -0.1) is 0 Å². The first-order valence-electron chi connectivity index (χ1n) is 15.4. The quantitative estimate of drug-likeness (QED) is 0.258. The zero-order chi connectivity index (χ0) is 32.4. The molecule has 2 aliphatic heterocycles. The summed E-state index contributed by atoms with van der Waals surface area (Å²) in [7, 11) is 1.53. The van der Waals surface area contributed by atoms with E-state index in [4.69, 9.17) is 14.2 Å². The summed E-state index contributed by atoms with van der Waals surface area (Å²) in [5.74, 6) is 0.607. The van der Waals surface area contributed by atoms with Crippen molar-refractivity contribution >= 4 is 33.3 Å². The number of fused-ring (bicyclic) bond motifs is 2. The van der Waals surface area contributed by atoms with E-state index in [9.17, 15) is 18.4 Å². The van der Waals surface area contributed by atoms with E-state index >= 15 is 0 Å². The second kappa shape index (κ2) is 13.8. The zero-order valence-corrected chi connectivity index (χ0v) is 27.3. The third-order valence-electron chi connectivity index (χ3n) is 8.63. The number of nitrogens with one attached hydrogen (secondary N) is 1. The number of methoxy groups -OCH3 is 1. The molecule has 1 saturated heterocycles. The summed E-state index contributed by atoms with van der Waals surface area (Å²) in [6.07, 6.45) is 2.27. The van der Waals surface area contributed by atoms with Crippen molar-refractivity contribution in [3.63, 3.8) is 0 Å². The van der Waals surface area contributed by atoms with Gasteiger partial charge >= 0.3 is 0 Å². The Hall–Kier alpha value is -3.96. The molecule has 1 saturated carbocycles. The molecule has 0 spiro atoms. The van der Waals surface area contributed by atoms with Crippen molar-refractivity contribution < 1.29 is 32.6 Å². The van der Waals surface area contributed by atoms with Gasteiger partial charge in [0.25, 0.3) is 5.91 Å². The van der Waals surface area contributed by atoms with Crippen LogP contribution >= 0.6 is 15.9 Å². The number of carbonyl (C=O) groups is 2. The molecular weight excluding hydrogens is 660 g/mol. The number of halogens is 3. The highest BCUT2D eigenvalue weighted by atomic mass is 79.9. The van der Waals surface area contributed by atoms with E-state index < -0.39 is 0 Å². The van der Waals surface area contributed by atoms with Crippen molar-refractivity contribution in [1.82, 2.24) is 15.1 Å². The highest BCUT2D eigenvalue weighted by Crippen LogP contribution is 2.38. The smallest absolute Gasteiger partial charge is 0.252 e. The number of nitrogens with zero attached hydrogens (tertiary/aromatic N) is 2. The maximum atomic E-state index is 14.9. The second-order valence-corrected chi connectivity index (χ2v) is 12.7. The van der Waals surface area contributed by atoms with E-state index in [1.165, 1.54) is 25.3 Å². The van der Waals surface area contributed by atoms with Crippen LogP contribution in [0.25, 0.3) is 5.57 Å². The van der Waals surface area contributed by atoms with Gasteiger partial charge in [0.2, 0.25) is 5.91 Å². The molecule has 2 bridgehead atoms. The molecule has 2 amide bonds. The van der Waals surface area contributed by atoms with Crippen LogP contribution in [0, 0.1) is 11.6 Å². The molecule has 0 radical (unpaired) electrons. The molecule has 11 heteroatoms. The minimum atomic E-state index is -0.389. The molecule has 2 heterocycles. The van der Waals surface area contributed by atoms with Crippen LogP contribution in [0.5, 0.6) is 17.2 Å². The van der Waals surface area contributed by atoms with E-state index in [-0.39, 0.29) is 61.3 Å². The summed E-state index contributed by atoms with van der Waals surface area (Å²) in [5.41, 5.74) is 2.82. The topological polar surface area (TPSA) is 80.3 Å². The van der Waals surface area contributed by atoms with Gasteiger partial charge in [-0.1, -0.05) is 12.1 Å². The Labute approximate surface area is 275 Å². The molecule has 6 rings (SSSR count). The number of ether oxygens (including phenoxy) is 3. The Bertz CT molecular complexity index is 1650. The average Bonchev–Trinajstić information content (AvgIpc) is 3.89. The van der Waals surface area contributed by atoms with Crippen molar-refractivity contribution in [1.29, 1.82) is 0 Å². The van der Waals surface area contributed by atoms with Crippen molar-refractivity contribution in [2.45, 2.75) is 50.9 Å². The highest BCUT2D eigenvalue weighted by Gasteiger charge is 2.43. The summed E-state index contributed by atoms with van der Waals surface area (Å²) < 4.78 is 46.0. The van der Waals surface area contributed by atoms with Gasteiger partial charge in [-0.05, 0) is 88.8 Å². The molecular formula is C35H36BrF2N3O5. The number of amides is 2. The standard InChI is InChI=1S/C35H36BrF2N3O5/c1-21(42)40-19-25-17-29(22-3-8-27(9-4-22)45-13-14-46-33-16-24(37)5-11-30(33)36)34(32(20-40)39-25)35(43)41(26-6-7-26)18-23-15-28(44-2)10-12-31(23)38/h3-5,8-12,15-16,25-26,32,39H,6-7,13-14,17-20H2,1-2H3. The lowest BCUT2D eigenvalue weighted by Gasteiger charge is -2.44. The fraction of sp³-hybridized carbons (Fsp3) is 0.371. The molecule has 0 aromatic heterocycles. The van der Waals surface area contributed by atoms with E-state index in [0.29, 0.717) is 52.4 Å². The fourth-order valence-electron chi connectivity index (χ4n) is 6.17. The molecule has 2 unspecified atom stereocenters. The van der Waals surface area contributed by atoms with Crippen LogP contribution in [-0.2, 0) is 16.1 Å². The Morgan fingerprint density at radius 1 is 0.978 bits per heavy atom. The first-order chi connectivity index (χ1) is 22.2. The molecule has 8 nitrogen and oxygen atoms in total. The third kappa shape index (κ3) is 7.20. The lowest BCUT2D eigenvalue weighted by molar-refractivity contribution is -0.132. The zero-order valence-electron chi connectivity index (χ0n) is 25.7. The first kappa shape index (κ1) is 32.0. The van der Waals surface area contributed by atoms with Crippen LogP contribution in [0.1, 0.15) is 37.3 Å². The van der Waals surface area contributed by atoms with Crippen LogP contribution in [0.4, 0.5) is 8.78 Å². The summed E-state index contributed by atoms with van der Waals surface area (Å²) in [5, 5.41) is 3.58. The molecule has 3 aromatic rings. The lowest BCUT2D eigenvalue weighted by Crippen LogP contribution is -2.61. The van der Waals surface area contributed by atoms with Gasteiger partial charge in [-0.3, -0.25) is 9.59 Å². The average molecular weight is 697 g/mol. The Morgan fingerprint density at radius 2 is 1.72 bits per heavy atom. The molecule has 1 N–H and O–H groups in total. The number of hydrogen-bond donors (Lipinski definition) is 1. The van der Waals surface area contributed by atoms with Crippen LogP contribution in [0.3, 0.4) is 0 Å². The van der Waals surface area contributed by atoms with E-state index in [1.807, 2.05) is 24.3 Å². The molecule has 46 heavy (non-hydrogen) atoms. The van der Waals surface area contributed by atoms with Gasteiger partial charge in [0.15, 0.2) is 0 Å². The Kier molecular flexibility index (Phi) is 9.60. The maximum Gasteiger partial charge on any atom is 0.252 e. The molecule has 2 atom stereocenters. The summed E-state index contributed by atoms with van der Waals surface area (Å²) >= 11 is 3.35. The Morgan fingerprint density at radius 3 is 2.43 bits per heavy atom. The van der Waals surface area contributed by atoms with Gasteiger partial charge in [0, 0.05) is 55.8 Å². The van der Waals surface area contributed by atoms with E-state index in [0.717, 1.165) is 24.0 Å². The molecule has 3 aromatic carbocycles. The lowest BCUT2D eigenvalue weighted by atomic mass is 9.82. The number of hydrogen-bond acceptors (Lipinski definition) is 6. The number of piperazine rings is 1. The van der Waals surface area contributed by atoms with Gasteiger partial charge in [-0.25, -0.2) is 8.78 Å². The molecule has 242 valence electrons. The maximum absolute atomic E-state index is 14.9. The summed E-state index contributed by atoms with van der Waals surface area (Å²) in [6, 6.07) is 16.1. The predicted octanol–water partition coefficient (Wildman–Crippen LogP) is 5.73. The van der Waals surface area contributed by atoms with Crippen LogP contribution < -0.4 is 19.5 Å². The van der Waals surface area contributed by atoms with Crippen molar-refractivity contribution in [2.75, 3.05) is 33.4 Å². The summed E-state index contributed by atoms with van der Waals surface area (Å²) in [4.78, 5) is 30.5. The third-order valence-corrected chi connectivity index (χ3v) is 9.28. The number of carbonyl (C=O) groups excluding carboxylic acids is 2. The first-order valence-corrected chi connectivity index (χ1v) is 16.2. The van der Waals surface area contributed by atoms with Gasteiger partial charge in [0.1, 0.15) is 42.1 Å². The number of benzene rings is 3. The van der Waals surface area contributed by atoms with Gasteiger partial charge in [-0.2, -0.15) is 0 Å². The molecule has 2 fully saturated rings. The second-order valence-electron chi connectivity index (χ2n) is 11.9. The van der Waals surface area contributed by atoms with Crippen LogP contribution in [0.15, 0.2) is 70.7 Å². The SMILES string of the molecule is COc1ccc(F)c(CN(C(=O)C2=C(c3ccc(OCCOc4cc(F)ccc4Br)cc3)CC3CN(C(C)=O)CC2N3)C2CC2)c1. The van der Waals surface area contributed by atoms with Crippen LogP contribution in [-0.4, -0.2) is 73.2 Å². The van der Waals surface area contributed by atoms with E-state index in [2.05, 4.69) is 21.2 Å². The van der Waals surface area contributed by atoms with Crippen molar-refractivity contribution in [2.24, 2.45) is 0 Å². The summed E-state index contributed by atoms with van der Waals surface area (Å²) in [6.45, 7) is 3.08. The Balaban J connectivity index is 1.24. The molecule has 3 aliphatic rings. The van der Waals surface area contributed by atoms with Gasteiger partial charge in [0.05, 0.1) is 17.6 Å². The van der Waals surface area contributed by atoms with Crippen molar-refractivity contribution in [3.8, 4) is 17.2 Å². The molecule has 1 aliphatic carbocycles. The van der Waals surface area contributed by atoms with Crippen molar-refractivity contribution in [3.05, 3.63) is 93.5 Å². The monoisotopic (exact) mass is 695 g/mol.